The Balaban J connectivity index is 1.67. The van der Waals surface area contributed by atoms with Crippen LogP contribution in [0.15, 0.2) is 48.5 Å². The smallest absolute Gasteiger partial charge is 0.314 e. The molecule has 2 aromatic rings. The van der Waals surface area contributed by atoms with Gasteiger partial charge in [-0.25, -0.2) is 0 Å². The number of fused-ring (bicyclic) bond motifs is 1. The second kappa shape index (κ2) is 8.71. The number of Topliss-reactive ketones (excluding diaryl/α,β-unsaturated/α-hetero) is 1. The highest BCUT2D eigenvalue weighted by molar-refractivity contribution is 5.98. The Morgan fingerprint density at radius 3 is 2.44 bits per heavy atom. The van der Waals surface area contributed by atoms with Crippen molar-refractivity contribution in [3.8, 4) is 11.5 Å². The average Bonchev–Trinajstić information content (AvgIpc) is 2.72. The maximum absolute atomic E-state index is 12.7. The summed E-state index contributed by atoms with van der Waals surface area (Å²) in [5.41, 5.74) is 1.34. The van der Waals surface area contributed by atoms with E-state index in [1.165, 1.54) is 0 Å². The van der Waals surface area contributed by atoms with E-state index in [4.69, 9.17) is 14.2 Å². The molecule has 5 nitrogen and oxygen atoms in total. The van der Waals surface area contributed by atoms with Gasteiger partial charge in [0, 0.05) is 5.56 Å². The normalized spacial score (nSPS) is 14.9. The first-order valence-electron chi connectivity index (χ1n) is 9.24. The lowest BCUT2D eigenvalue weighted by Gasteiger charge is -2.22. The molecule has 3 rings (SSSR count). The molecule has 1 heterocycles. The van der Waals surface area contributed by atoms with Crippen molar-refractivity contribution in [1.82, 2.24) is 0 Å². The van der Waals surface area contributed by atoms with Crippen LogP contribution in [0.3, 0.4) is 0 Å². The molecule has 0 spiro atoms. The Kier molecular flexibility index (Phi) is 6.12. The molecule has 5 heteroatoms. The lowest BCUT2D eigenvalue weighted by molar-refractivity contribution is -0.145. The number of carbonyl (C=O) groups is 2. The number of hydrogen-bond acceptors (Lipinski definition) is 5. The molecule has 0 aromatic heterocycles. The van der Waals surface area contributed by atoms with Crippen molar-refractivity contribution >= 4 is 11.8 Å². The van der Waals surface area contributed by atoms with Gasteiger partial charge in [0.25, 0.3) is 0 Å². The highest BCUT2D eigenvalue weighted by Gasteiger charge is 2.28. The van der Waals surface area contributed by atoms with Gasteiger partial charge in [-0.05, 0) is 29.7 Å². The zero-order valence-corrected chi connectivity index (χ0v) is 15.6. The molecule has 1 aliphatic rings. The van der Waals surface area contributed by atoms with Crippen LogP contribution < -0.4 is 9.47 Å². The predicted molar refractivity (Wildman–Crippen MR) is 101 cm³/mol. The summed E-state index contributed by atoms with van der Waals surface area (Å²) in [4.78, 5) is 25.2. The maximum atomic E-state index is 12.7. The molecule has 0 saturated carbocycles. The number of hydrogen-bond donors (Lipinski definition) is 0. The minimum atomic E-state index is -0.385. The third kappa shape index (κ3) is 4.48. The molecule has 2 atom stereocenters. The van der Waals surface area contributed by atoms with E-state index >= 15 is 0 Å². The fourth-order valence-electron chi connectivity index (χ4n) is 3.12. The van der Waals surface area contributed by atoms with Crippen LogP contribution in [0.4, 0.5) is 0 Å². The SMILES string of the molecule is CCC(C)C(C(=O)OCC(=O)c1ccc2c(c1)OCCO2)c1ccccc1. The summed E-state index contributed by atoms with van der Waals surface area (Å²) >= 11 is 0. The number of ketones is 1. The molecule has 0 fully saturated rings. The van der Waals surface area contributed by atoms with Gasteiger partial charge < -0.3 is 14.2 Å². The van der Waals surface area contributed by atoms with E-state index in [0.717, 1.165) is 12.0 Å². The number of benzene rings is 2. The second-order valence-corrected chi connectivity index (χ2v) is 6.66. The van der Waals surface area contributed by atoms with Crippen LogP contribution in [-0.2, 0) is 9.53 Å². The first-order chi connectivity index (χ1) is 13.1. The fourth-order valence-corrected chi connectivity index (χ4v) is 3.12. The van der Waals surface area contributed by atoms with E-state index in [1.807, 2.05) is 44.2 Å². The van der Waals surface area contributed by atoms with E-state index < -0.39 is 0 Å². The van der Waals surface area contributed by atoms with Crippen LogP contribution >= 0.6 is 0 Å². The van der Waals surface area contributed by atoms with Gasteiger partial charge >= 0.3 is 5.97 Å². The minimum absolute atomic E-state index is 0.115. The highest BCUT2D eigenvalue weighted by Crippen LogP contribution is 2.31. The molecule has 0 aliphatic carbocycles. The van der Waals surface area contributed by atoms with Crippen molar-refractivity contribution in [2.45, 2.75) is 26.2 Å². The standard InChI is InChI=1S/C22H24O5/c1-3-15(2)21(16-7-5-4-6-8-16)22(24)27-14-18(23)17-9-10-19-20(13-17)26-12-11-25-19/h4-10,13,15,21H,3,11-12,14H2,1-2H3. The van der Waals surface area contributed by atoms with E-state index in [0.29, 0.717) is 30.3 Å². The van der Waals surface area contributed by atoms with Crippen LogP contribution in [0.1, 0.15) is 42.1 Å². The molecule has 0 N–H and O–H groups in total. The van der Waals surface area contributed by atoms with Gasteiger partial charge in [-0.3, -0.25) is 9.59 Å². The van der Waals surface area contributed by atoms with E-state index in [2.05, 4.69) is 0 Å². The quantitative estimate of drug-likeness (QED) is 0.546. The number of esters is 1. The largest absolute Gasteiger partial charge is 0.486 e. The molecule has 2 unspecified atom stereocenters. The summed E-state index contributed by atoms with van der Waals surface area (Å²) in [6.07, 6.45) is 0.838. The molecule has 0 radical (unpaired) electrons. The lowest BCUT2D eigenvalue weighted by atomic mass is 9.85. The Labute approximate surface area is 159 Å². The third-order valence-corrected chi connectivity index (χ3v) is 4.84. The third-order valence-electron chi connectivity index (χ3n) is 4.84. The van der Waals surface area contributed by atoms with Gasteiger partial charge in [-0.2, -0.15) is 0 Å². The Bertz CT molecular complexity index is 800. The Morgan fingerprint density at radius 2 is 1.74 bits per heavy atom. The topological polar surface area (TPSA) is 61.8 Å². The Morgan fingerprint density at radius 1 is 1.04 bits per heavy atom. The molecule has 0 bridgehead atoms. The van der Waals surface area contributed by atoms with Crippen molar-refractivity contribution in [2.75, 3.05) is 19.8 Å². The van der Waals surface area contributed by atoms with Crippen LogP contribution in [0.25, 0.3) is 0 Å². The molecular formula is C22H24O5. The minimum Gasteiger partial charge on any atom is -0.486 e. The van der Waals surface area contributed by atoms with Gasteiger partial charge in [0.15, 0.2) is 23.9 Å². The van der Waals surface area contributed by atoms with E-state index in [-0.39, 0.29) is 30.2 Å². The van der Waals surface area contributed by atoms with Gasteiger partial charge in [0.1, 0.15) is 13.2 Å². The number of ether oxygens (including phenoxy) is 3. The van der Waals surface area contributed by atoms with Gasteiger partial charge in [0.2, 0.25) is 0 Å². The van der Waals surface area contributed by atoms with Crippen molar-refractivity contribution in [1.29, 1.82) is 0 Å². The molecule has 27 heavy (non-hydrogen) atoms. The molecule has 0 amide bonds. The number of rotatable bonds is 7. The summed E-state index contributed by atoms with van der Waals surface area (Å²) in [5, 5.41) is 0. The summed E-state index contributed by atoms with van der Waals surface area (Å²) < 4.78 is 16.3. The van der Waals surface area contributed by atoms with E-state index in [9.17, 15) is 9.59 Å². The van der Waals surface area contributed by atoms with Crippen molar-refractivity contribution in [3.63, 3.8) is 0 Å². The summed E-state index contributed by atoms with van der Waals surface area (Å²) in [7, 11) is 0. The molecular weight excluding hydrogens is 344 g/mol. The second-order valence-electron chi connectivity index (χ2n) is 6.66. The van der Waals surface area contributed by atoms with Crippen molar-refractivity contribution < 1.29 is 23.8 Å². The average molecular weight is 368 g/mol. The van der Waals surface area contributed by atoms with Crippen LogP contribution in [0.5, 0.6) is 11.5 Å². The first kappa shape index (κ1) is 19.0. The molecule has 0 saturated heterocycles. The van der Waals surface area contributed by atoms with Crippen molar-refractivity contribution in [2.24, 2.45) is 5.92 Å². The van der Waals surface area contributed by atoms with Crippen molar-refractivity contribution in [3.05, 3.63) is 59.7 Å². The lowest BCUT2D eigenvalue weighted by Crippen LogP contribution is -2.24. The summed E-state index contributed by atoms with van der Waals surface area (Å²) in [6.45, 7) is 4.70. The fraction of sp³-hybridized carbons (Fsp3) is 0.364. The van der Waals surface area contributed by atoms with Crippen LogP contribution in [-0.4, -0.2) is 31.6 Å². The van der Waals surface area contributed by atoms with Crippen LogP contribution in [0, 0.1) is 5.92 Å². The molecule has 1 aliphatic heterocycles. The Hall–Kier alpha value is -2.82. The summed E-state index contributed by atoms with van der Waals surface area (Å²) in [5.74, 6) is 0.252. The number of carbonyl (C=O) groups excluding carboxylic acids is 2. The van der Waals surface area contributed by atoms with E-state index in [1.54, 1.807) is 18.2 Å². The van der Waals surface area contributed by atoms with Gasteiger partial charge in [-0.1, -0.05) is 50.6 Å². The highest BCUT2D eigenvalue weighted by atomic mass is 16.6. The molecule has 142 valence electrons. The molecule has 2 aromatic carbocycles. The monoisotopic (exact) mass is 368 g/mol. The van der Waals surface area contributed by atoms with Crippen LogP contribution in [0.2, 0.25) is 0 Å². The first-order valence-corrected chi connectivity index (χ1v) is 9.24. The van der Waals surface area contributed by atoms with Gasteiger partial charge in [-0.15, -0.1) is 0 Å². The maximum Gasteiger partial charge on any atom is 0.314 e. The predicted octanol–water partition coefficient (Wildman–Crippen LogP) is 4.01. The van der Waals surface area contributed by atoms with Gasteiger partial charge in [0.05, 0.1) is 5.92 Å². The zero-order valence-electron chi connectivity index (χ0n) is 15.6. The zero-order chi connectivity index (χ0) is 19.2. The summed E-state index contributed by atoms with van der Waals surface area (Å²) in [6, 6.07) is 14.5.